The highest BCUT2D eigenvalue weighted by Gasteiger charge is 2.52. The van der Waals surface area contributed by atoms with Crippen LogP contribution in [0.15, 0.2) is 59.1 Å². The van der Waals surface area contributed by atoms with E-state index in [2.05, 4.69) is 16.0 Å². The minimum atomic E-state index is -3.23. The molecule has 0 spiro atoms. The lowest BCUT2D eigenvalue weighted by molar-refractivity contribution is -0.130. The molecule has 3 unspecified atom stereocenters. The van der Waals surface area contributed by atoms with E-state index >= 15 is 0 Å². The number of anilines is 1. The van der Waals surface area contributed by atoms with Gasteiger partial charge < -0.3 is 25.6 Å². The average Bonchev–Trinajstić information content (AvgIpc) is 3.58. The predicted octanol–water partition coefficient (Wildman–Crippen LogP) is 2.73. The van der Waals surface area contributed by atoms with Gasteiger partial charge in [0.1, 0.15) is 21.3 Å². The molecule has 0 aromatic heterocycles. The molecule has 4 amide bonds. The summed E-state index contributed by atoms with van der Waals surface area (Å²) in [6, 6.07) is 14.6. The molecule has 3 fully saturated rings. The lowest BCUT2D eigenvalue weighted by Crippen LogP contribution is -2.62. The molecule has 0 bridgehead atoms. The first kappa shape index (κ1) is 29.5. The number of thioether (sulfide) groups is 1. The number of hydrogen-bond donors (Lipinski definition) is 3. The molecular formula is C30H35N5O6S2. The maximum absolute atomic E-state index is 13.6. The highest BCUT2D eigenvalue weighted by atomic mass is 32.2. The molecule has 2 aromatic carbocycles. The summed E-state index contributed by atoms with van der Waals surface area (Å²) in [6.45, 7) is 3.47. The molecule has 0 saturated carbocycles. The summed E-state index contributed by atoms with van der Waals surface area (Å²) in [5.74, 6) is 0.648. The quantitative estimate of drug-likeness (QED) is 0.408. The van der Waals surface area contributed by atoms with Crippen LogP contribution >= 0.6 is 11.8 Å². The smallest absolute Gasteiger partial charge is 0.326 e. The Morgan fingerprint density at radius 2 is 1.91 bits per heavy atom. The Bertz CT molecular complexity index is 1580. The Kier molecular flexibility index (Phi) is 8.14. The molecule has 3 N–H and O–H groups in total. The fraction of sp³-hybridized carbons (Fsp3) is 0.433. The van der Waals surface area contributed by atoms with E-state index in [0.29, 0.717) is 42.4 Å². The number of urea groups is 1. The van der Waals surface area contributed by atoms with E-state index in [1.54, 1.807) is 4.90 Å². The minimum absolute atomic E-state index is 0.0590. The molecule has 0 radical (unpaired) electrons. The third kappa shape index (κ3) is 6.24. The first-order chi connectivity index (χ1) is 20.6. The van der Waals surface area contributed by atoms with Crippen LogP contribution in [0.1, 0.15) is 24.8 Å². The molecule has 0 aliphatic carbocycles. The van der Waals surface area contributed by atoms with Crippen LogP contribution < -0.4 is 25.6 Å². The van der Waals surface area contributed by atoms with Gasteiger partial charge in [0.25, 0.3) is 5.91 Å². The van der Waals surface area contributed by atoms with Crippen molar-refractivity contribution in [3.8, 4) is 11.5 Å². The van der Waals surface area contributed by atoms with Gasteiger partial charge >= 0.3 is 6.03 Å². The van der Waals surface area contributed by atoms with Gasteiger partial charge in [-0.15, -0.1) is 0 Å². The zero-order valence-corrected chi connectivity index (χ0v) is 25.7. The van der Waals surface area contributed by atoms with E-state index in [0.717, 1.165) is 29.7 Å². The van der Waals surface area contributed by atoms with Gasteiger partial charge in [0.15, 0.2) is 0 Å². The summed E-state index contributed by atoms with van der Waals surface area (Å²) < 4.78 is 28.9. The number of ether oxygens (including phenoxy) is 1. The summed E-state index contributed by atoms with van der Waals surface area (Å²) in [7, 11) is -3.23. The molecular weight excluding hydrogens is 590 g/mol. The van der Waals surface area contributed by atoms with E-state index in [4.69, 9.17) is 4.74 Å². The molecule has 2 aromatic rings. The van der Waals surface area contributed by atoms with Gasteiger partial charge in [0.2, 0.25) is 5.91 Å². The third-order valence-corrected chi connectivity index (χ3v) is 10.6. The fourth-order valence-corrected chi connectivity index (χ4v) is 8.22. The van der Waals surface area contributed by atoms with Gasteiger partial charge in [-0.1, -0.05) is 30.0 Å². The molecule has 3 saturated heterocycles. The van der Waals surface area contributed by atoms with E-state index < -0.39 is 9.84 Å². The van der Waals surface area contributed by atoms with Crippen LogP contribution in [0.5, 0.6) is 11.5 Å². The van der Waals surface area contributed by atoms with E-state index in [1.165, 1.54) is 11.8 Å². The second-order valence-electron chi connectivity index (χ2n) is 11.5. The normalized spacial score (nSPS) is 24.9. The number of hydrogen-bond acceptors (Lipinski definition) is 8. The van der Waals surface area contributed by atoms with Crippen molar-refractivity contribution in [1.82, 2.24) is 20.9 Å². The van der Waals surface area contributed by atoms with Crippen molar-refractivity contribution in [2.24, 2.45) is 5.92 Å². The SMILES string of the molecule is Cc1cc(Oc2ccccc2)ccc1N1C(=O)NC2=C(C(=O)N[C@@H]3CCN(C(=O)CCS(C)(=O)=O)C3)SC3NCCC1C23. The number of nitrogens with one attached hydrogen (secondary N) is 3. The van der Waals surface area contributed by atoms with Crippen molar-refractivity contribution in [2.75, 3.05) is 36.5 Å². The molecule has 4 aliphatic rings. The predicted molar refractivity (Wildman–Crippen MR) is 164 cm³/mol. The number of rotatable bonds is 8. The molecule has 4 atom stereocenters. The number of piperidine rings is 1. The zero-order valence-electron chi connectivity index (χ0n) is 24.0. The van der Waals surface area contributed by atoms with Crippen LogP contribution in [-0.4, -0.2) is 80.3 Å². The number of amides is 4. The summed E-state index contributed by atoms with van der Waals surface area (Å²) in [5.41, 5.74) is 2.36. The number of para-hydroxylation sites is 1. The van der Waals surface area contributed by atoms with Crippen molar-refractivity contribution in [2.45, 2.75) is 43.6 Å². The van der Waals surface area contributed by atoms with Gasteiger partial charge in [0.05, 0.1) is 22.1 Å². The van der Waals surface area contributed by atoms with Crippen LogP contribution in [0.25, 0.3) is 0 Å². The van der Waals surface area contributed by atoms with Gasteiger partial charge in [-0.05, 0) is 62.2 Å². The summed E-state index contributed by atoms with van der Waals surface area (Å²) in [6.07, 6.45) is 2.37. The number of likely N-dealkylation sites (tertiary alicyclic amines) is 1. The molecule has 13 heteroatoms. The van der Waals surface area contributed by atoms with Crippen LogP contribution in [0.4, 0.5) is 10.5 Å². The van der Waals surface area contributed by atoms with Crippen LogP contribution in [-0.2, 0) is 19.4 Å². The monoisotopic (exact) mass is 625 g/mol. The van der Waals surface area contributed by atoms with E-state index in [-0.39, 0.29) is 53.4 Å². The van der Waals surface area contributed by atoms with Crippen molar-refractivity contribution in [3.63, 3.8) is 0 Å². The minimum Gasteiger partial charge on any atom is -0.457 e. The van der Waals surface area contributed by atoms with Crippen molar-refractivity contribution in [3.05, 3.63) is 64.7 Å². The van der Waals surface area contributed by atoms with Crippen LogP contribution in [0.2, 0.25) is 0 Å². The molecule has 228 valence electrons. The van der Waals surface area contributed by atoms with Crippen LogP contribution in [0.3, 0.4) is 0 Å². The molecule has 11 nitrogen and oxygen atoms in total. The largest absolute Gasteiger partial charge is 0.457 e. The van der Waals surface area contributed by atoms with Crippen molar-refractivity contribution in [1.29, 1.82) is 0 Å². The number of sulfone groups is 1. The van der Waals surface area contributed by atoms with E-state index in [9.17, 15) is 22.8 Å². The topological polar surface area (TPSA) is 137 Å². The number of benzene rings is 2. The average molecular weight is 626 g/mol. The van der Waals surface area contributed by atoms with Gasteiger partial charge in [0, 0.05) is 49.1 Å². The van der Waals surface area contributed by atoms with Gasteiger partial charge in [-0.2, -0.15) is 0 Å². The Balaban J connectivity index is 1.16. The second-order valence-corrected chi connectivity index (χ2v) is 14.9. The summed E-state index contributed by atoms with van der Waals surface area (Å²) in [5, 5.41) is 9.55. The highest BCUT2D eigenvalue weighted by molar-refractivity contribution is 8.04. The van der Waals surface area contributed by atoms with Crippen LogP contribution in [0, 0.1) is 12.8 Å². The van der Waals surface area contributed by atoms with Crippen molar-refractivity contribution >= 4 is 45.1 Å². The second kappa shape index (κ2) is 11.9. The van der Waals surface area contributed by atoms with Gasteiger partial charge in [-0.3, -0.25) is 14.5 Å². The number of aryl methyl sites for hydroxylation is 1. The Hall–Kier alpha value is -3.55. The zero-order chi connectivity index (χ0) is 30.3. The highest BCUT2D eigenvalue weighted by Crippen LogP contribution is 2.48. The first-order valence-corrected chi connectivity index (χ1v) is 17.4. The maximum atomic E-state index is 13.6. The third-order valence-electron chi connectivity index (χ3n) is 8.32. The molecule has 43 heavy (non-hydrogen) atoms. The van der Waals surface area contributed by atoms with Crippen molar-refractivity contribution < 1.29 is 27.5 Å². The van der Waals surface area contributed by atoms with Gasteiger partial charge in [-0.25, -0.2) is 13.2 Å². The number of carbonyl (C=O) groups is 3. The standard InChI is InChI=1S/C30H35N5O6S2/c1-18-16-21(41-20-6-4-3-5-7-20)8-9-22(18)35-23-10-13-31-29-25(23)26(33-30(35)38)27(42-29)28(37)32-19-11-14-34(17-19)24(36)12-15-43(2,39)40/h3-9,16,19,23,25,29,31H,10-15,17H2,1-2H3,(H,32,37)(H,33,38)/t19-,23?,25?,29?/m1/s1. The lowest BCUT2D eigenvalue weighted by atomic mass is 9.86. The molecule has 4 aliphatic heterocycles. The summed E-state index contributed by atoms with van der Waals surface area (Å²) >= 11 is 1.44. The Labute approximate surface area is 255 Å². The molecule has 4 heterocycles. The fourth-order valence-electron chi connectivity index (χ4n) is 6.27. The van der Waals surface area contributed by atoms with E-state index in [1.807, 2.05) is 60.4 Å². The Morgan fingerprint density at radius 1 is 1.12 bits per heavy atom. The number of nitrogens with zero attached hydrogens (tertiary/aromatic N) is 2. The number of carbonyl (C=O) groups excluding carboxylic acids is 3. The lowest BCUT2D eigenvalue weighted by Gasteiger charge is -2.46. The summed E-state index contributed by atoms with van der Waals surface area (Å²) in [4.78, 5) is 43.5. The maximum Gasteiger partial charge on any atom is 0.326 e. The molecule has 6 rings (SSSR count). The Morgan fingerprint density at radius 3 is 2.65 bits per heavy atom. The first-order valence-electron chi connectivity index (χ1n) is 14.4.